The van der Waals surface area contributed by atoms with Gasteiger partial charge in [0, 0.05) is 10.6 Å². The molecule has 2 heterocycles. The van der Waals surface area contributed by atoms with Gasteiger partial charge in [0.1, 0.15) is 5.65 Å². The van der Waals surface area contributed by atoms with Crippen LogP contribution in [0.15, 0.2) is 65.5 Å². The van der Waals surface area contributed by atoms with Gasteiger partial charge in [-0.05, 0) is 61.5 Å². The average molecular weight is 497 g/mol. The summed E-state index contributed by atoms with van der Waals surface area (Å²) < 4.78 is 4.46. The van der Waals surface area contributed by atoms with E-state index in [1.807, 2.05) is 39.3 Å². The second-order valence-electron chi connectivity index (χ2n) is 7.82. The number of thiazole rings is 1. The van der Waals surface area contributed by atoms with Crippen molar-refractivity contribution in [3.05, 3.63) is 102 Å². The van der Waals surface area contributed by atoms with Crippen molar-refractivity contribution in [1.29, 1.82) is 0 Å². The molecule has 5 rings (SSSR count). The smallest absolute Gasteiger partial charge is 0.261 e. The van der Waals surface area contributed by atoms with Gasteiger partial charge in [0.05, 0.1) is 27.3 Å². The van der Waals surface area contributed by atoms with Gasteiger partial charge in [0.2, 0.25) is 0 Å². The van der Waals surface area contributed by atoms with E-state index in [-0.39, 0.29) is 5.56 Å². The van der Waals surface area contributed by atoms with E-state index in [4.69, 9.17) is 35.4 Å². The molecule has 160 valence electrons. The molecule has 3 nitrogen and oxygen atoms in total. The molecule has 0 spiro atoms. The first kappa shape index (κ1) is 21.4. The molecule has 0 aliphatic rings. The molecule has 7 heteroatoms. The monoisotopic (exact) mass is 496 g/mol. The summed E-state index contributed by atoms with van der Waals surface area (Å²) in [6.45, 7) is 4.56. The molecule has 3 aromatic carbocycles. The van der Waals surface area contributed by atoms with E-state index >= 15 is 0 Å². The molecule has 0 saturated carbocycles. The van der Waals surface area contributed by atoms with Gasteiger partial charge in [-0.3, -0.25) is 13.8 Å². The van der Waals surface area contributed by atoms with Crippen molar-refractivity contribution < 1.29 is 0 Å². The molecule has 0 radical (unpaired) electrons. The van der Waals surface area contributed by atoms with Crippen LogP contribution in [0.25, 0.3) is 27.0 Å². The van der Waals surface area contributed by atoms with Crippen molar-refractivity contribution in [3.63, 3.8) is 0 Å². The molecular weight excluding hydrogens is 479 g/mol. The maximum absolute atomic E-state index is 13.7. The summed E-state index contributed by atoms with van der Waals surface area (Å²) in [5.74, 6) is 0. The first-order valence-corrected chi connectivity index (χ1v) is 12.0. The quantitative estimate of drug-likeness (QED) is 0.239. The number of fused-ring (bicyclic) bond motifs is 3. The highest BCUT2D eigenvalue weighted by Gasteiger charge is 2.20. The van der Waals surface area contributed by atoms with Gasteiger partial charge in [-0.1, -0.05) is 65.2 Å². The van der Waals surface area contributed by atoms with E-state index in [9.17, 15) is 4.79 Å². The maximum atomic E-state index is 13.7. The van der Waals surface area contributed by atoms with Crippen LogP contribution in [0.3, 0.4) is 0 Å². The Labute approximate surface area is 204 Å². The van der Waals surface area contributed by atoms with Crippen molar-refractivity contribution in [2.24, 2.45) is 0 Å². The Morgan fingerprint density at radius 2 is 1.78 bits per heavy atom. The fourth-order valence-corrected chi connectivity index (χ4v) is 6.08. The largest absolute Gasteiger partial charge is 0.288 e. The van der Waals surface area contributed by atoms with Gasteiger partial charge in [0.15, 0.2) is 3.95 Å². The predicted molar refractivity (Wildman–Crippen MR) is 138 cm³/mol. The number of aromatic nitrogens is 2. The first-order valence-electron chi connectivity index (χ1n) is 10.0. The predicted octanol–water partition coefficient (Wildman–Crippen LogP) is 7.68. The molecule has 0 N–H and O–H groups in total. The number of halogens is 2. The third kappa shape index (κ3) is 3.50. The van der Waals surface area contributed by atoms with E-state index in [2.05, 4.69) is 32.0 Å². The van der Waals surface area contributed by atoms with E-state index in [0.29, 0.717) is 25.9 Å². The molecule has 0 aliphatic carbocycles. The van der Waals surface area contributed by atoms with Crippen LogP contribution in [0.1, 0.15) is 16.7 Å². The second-order valence-corrected chi connectivity index (χ2v) is 10.3. The average Bonchev–Trinajstić information content (AvgIpc) is 3.10. The summed E-state index contributed by atoms with van der Waals surface area (Å²) in [6, 6.07) is 19.3. The summed E-state index contributed by atoms with van der Waals surface area (Å²) in [5, 5.41) is 1.71. The van der Waals surface area contributed by atoms with Crippen molar-refractivity contribution in [2.45, 2.75) is 20.4 Å². The number of rotatable bonds is 3. The summed E-state index contributed by atoms with van der Waals surface area (Å²) in [6.07, 6.45) is 0. The third-order valence-electron chi connectivity index (χ3n) is 5.67. The number of hydrogen-bond donors (Lipinski definition) is 0. The summed E-state index contributed by atoms with van der Waals surface area (Å²) in [5.41, 5.74) is 5.66. The Balaban J connectivity index is 1.93. The fourth-order valence-electron chi connectivity index (χ4n) is 4.05. The number of benzene rings is 3. The lowest BCUT2D eigenvalue weighted by Crippen LogP contribution is -2.24. The van der Waals surface area contributed by atoms with Gasteiger partial charge < -0.3 is 0 Å². The molecule has 0 unspecified atom stereocenters. The van der Waals surface area contributed by atoms with E-state index in [1.165, 1.54) is 11.3 Å². The first-order chi connectivity index (χ1) is 15.3. The van der Waals surface area contributed by atoms with Crippen LogP contribution in [0, 0.1) is 17.8 Å². The SMILES string of the molecule is Cc1ccc(C)c(Cn2c(=O)c3ccccc3n3c(=S)sc(-c4ccc(Cl)cc4Cl)c23)c1. The lowest BCUT2D eigenvalue weighted by molar-refractivity contribution is 0.775. The van der Waals surface area contributed by atoms with Crippen LogP contribution < -0.4 is 5.56 Å². The van der Waals surface area contributed by atoms with Crippen LogP contribution in [0.4, 0.5) is 0 Å². The van der Waals surface area contributed by atoms with Crippen molar-refractivity contribution >= 4 is 63.3 Å². The Bertz CT molecular complexity index is 1650. The van der Waals surface area contributed by atoms with Crippen LogP contribution in [-0.2, 0) is 6.54 Å². The van der Waals surface area contributed by atoms with Crippen LogP contribution in [-0.4, -0.2) is 8.97 Å². The van der Waals surface area contributed by atoms with Gasteiger partial charge in [-0.15, -0.1) is 11.3 Å². The van der Waals surface area contributed by atoms with Crippen molar-refractivity contribution in [2.75, 3.05) is 0 Å². The third-order valence-corrected chi connectivity index (χ3v) is 7.62. The Morgan fingerprint density at radius 3 is 2.56 bits per heavy atom. The lowest BCUT2D eigenvalue weighted by atomic mass is 10.1. The summed E-state index contributed by atoms with van der Waals surface area (Å²) in [7, 11) is 0. The van der Waals surface area contributed by atoms with Gasteiger partial charge in [0.25, 0.3) is 5.56 Å². The van der Waals surface area contributed by atoms with Gasteiger partial charge in [-0.25, -0.2) is 0 Å². The highest BCUT2D eigenvalue weighted by atomic mass is 35.5. The normalized spacial score (nSPS) is 11.5. The number of para-hydroxylation sites is 1. The molecule has 5 aromatic rings. The molecule has 2 aromatic heterocycles. The minimum Gasteiger partial charge on any atom is -0.288 e. The Morgan fingerprint density at radius 1 is 1.00 bits per heavy atom. The molecule has 0 atom stereocenters. The summed E-state index contributed by atoms with van der Waals surface area (Å²) >= 11 is 20.0. The molecule has 0 bridgehead atoms. The Hall–Kier alpha value is -2.44. The number of hydrogen-bond acceptors (Lipinski definition) is 3. The van der Waals surface area contributed by atoms with E-state index < -0.39 is 0 Å². The number of nitrogens with zero attached hydrogens (tertiary/aromatic N) is 2. The van der Waals surface area contributed by atoms with E-state index in [1.54, 1.807) is 12.1 Å². The fraction of sp³-hybridized carbons (Fsp3) is 0.120. The van der Waals surface area contributed by atoms with Crippen LogP contribution >= 0.6 is 46.8 Å². The standard InChI is InChI=1S/C25H18Cl2N2OS2/c1-14-7-8-15(2)16(11-14)13-28-23-22(18-10-9-17(26)12-20(18)27)32-25(31)29(23)21-6-4-3-5-19(21)24(28)30/h3-12H,13H2,1-2H3. The van der Waals surface area contributed by atoms with Crippen LogP contribution in [0.2, 0.25) is 10.0 Å². The molecule has 0 aliphatic heterocycles. The zero-order valence-electron chi connectivity index (χ0n) is 17.4. The highest BCUT2D eigenvalue weighted by Crippen LogP contribution is 2.38. The molecule has 0 saturated heterocycles. The maximum Gasteiger partial charge on any atom is 0.261 e. The number of aryl methyl sites for hydroxylation is 2. The van der Waals surface area contributed by atoms with E-state index in [0.717, 1.165) is 38.3 Å². The minimum atomic E-state index is -0.0550. The lowest BCUT2D eigenvalue weighted by Gasteiger charge is -2.15. The Kier molecular flexibility index (Phi) is 5.46. The summed E-state index contributed by atoms with van der Waals surface area (Å²) in [4.78, 5) is 14.6. The van der Waals surface area contributed by atoms with Gasteiger partial charge >= 0.3 is 0 Å². The molecule has 32 heavy (non-hydrogen) atoms. The second kappa shape index (κ2) is 8.16. The molecule has 0 amide bonds. The topological polar surface area (TPSA) is 26.4 Å². The van der Waals surface area contributed by atoms with Gasteiger partial charge in [-0.2, -0.15) is 0 Å². The zero-order valence-corrected chi connectivity index (χ0v) is 20.5. The zero-order chi connectivity index (χ0) is 22.6. The molecule has 0 fully saturated rings. The minimum absolute atomic E-state index is 0.0550. The molecular formula is C25H18Cl2N2OS2. The van der Waals surface area contributed by atoms with Crippen molar-refractivity contribution in [1.82, 2.24) is 8.97 Å². The highest BCUT2D eigenvalue weighted by molar-refractivity contribution is 7.73. The van der Waals surface area contributed by atoms with Crippen LogP contribution in [0.5, 0.6) is 0 Å². The van der Waals surface area contributed by atoms with Crippen molar-refractivity contribution in [3.8, 4) is 10.4 Å².